The SMILES string of the molecule is CCNC(=NCC(=O)NCCOC)NCC1(c2cccc(C(F)(F)F)c2)CCC1. The van der Waals surface area contributed by atoms with Crippen molar-refractivity contribution in [1.82, 2.24) is 16.0 Å². The molecule has 6 nitrogen and oxygen atoms in total. The molecule has 3 N–H and O–H groups in total. The number of hydrogen-bond acceptors (Lipinski definition) is 3. The minimum Gasteiger partial charge on any atom is -0.383 e. The average molecular weight is 414 g/mol. The Morgan fingerprint density at radius 2 is 2.00 bits per heavy atom. The van der Waals surface area contributed by atoms with E-state index in [-0.39, 0.29) is 17.9 Å². The van der Waals surface area contributed by atoms with Gasteiger partial charge in [0, 0.05) is 32.2 Å². The molecule has 9 heteroatoms. The van der Waals surface area contributed by atoms with Gasteiger partial charge in [-0.3, -0.25) is 4.79 Å². The van der Waals surface area contributed by atoms with E-state index in [1.54, 1.807) is 13.2 Å². The summed E-state index contributed by atoms with van der Waals surface area (Å²) in [6.45, 7) is 3.75. The van der Waals surface area contributed by atoms with Crippen LogP contribution in [0.4, 0.5) is 13.2 Å². The van der Waals surface area contributed by atoms with Crippen LogP contribution in [-0.2, 0) is 21.1 Å². The zero-order chi connectivity index (χ0) is 21.3. The molecule has 1 aliphatic carbocycles. The van der Waals surface area contributed by atoms with Crippen LogP contribution in [0.5, 0.6) is 0 Å². The van der Waals surface area contributed by atoms with Crippen LogP contribution in [0.25, 0.3) is 0 Å². The third-order valence-electron chi connectivity index (χ3n) is 5.06. The minimum absolute atomic E-state index is 0.0460. The summed E-state index contributed by atoms with van der Waals surface area (Å²) in [6.07, 6.45) is -1.79. The number of halogens is 3. The number of hydrogen-bond donors (Lipinski definition) is 3. The van der Waals surface area contributed by atoms with E-state index in [1.807, 2.05) is 6.92 Å². The number of methoxy groups -OCH3 is 1. The lowest BCUT2D eigenvalue weighted by Gasteiger charge is -2.43. The minimum atomic E-state index is -4.36. The van der Waals surface area contributed by atoms with Crippen molar-refractivity contribution in [3.8, 4) is 0 Å². The summed E-state index contributed by atoms with van der Waals surface area (Å²) >= 11 is 0. The van der Waals surface area contributed by atoms with Gasteiger partial charge >= 0.3 is 6.18 Å². The van der Waals surface area contributed by atoms with Gasteiger partial charge in [-0.1, -0.05) is 24.6 Å². The van der Waals surface area contributed by atoms with Crippen molar-refractivity contribution in [2.75, 3.05) is 39.9 Å². The normalized spacial score (nSPS) is 16.1. The Morgan fingerprint density at radius 1 is 1.24 bits per heavy atom. The molecule has 0 radical (unpaired) electrons. The van der Waals surface area contributed by atoms with Gasteiger partial charge < -0.3 is 20.7 Å². The van der Waals surface area contributed by atoms with Crippen molar-refractivity contribution in [3.63, 3.8) is 0 Å². The number of carbonyl (C=O) groups excluding carboxylic acids is 1. The predicted molar refractivity (Wildman–Crippen MR) is 106 cm³/mol. The van der Waals surface area contributed by atoms with Gasteiger partial charge in [0.05, 0.1) is 12.2 Å². The van der Waals surface area contributed by atoms with Gasteiger partial charge in [0.2, 0.25) is 5.91 Å². The monoisotopic (exact) mass is 414 g/mol. The zero-order valence-electron chi connectivity index (χ0n) is 16.9. The number of alkyl halides is 3. The van der Waals surface area contributed by atoms with Crippen molar-refractivity contribution >= 4 is 11.9 Å². The van der Waals surface area contributed by atoms with Crippen LogP contribution in [0, 0.1) is 0 Å². The van der Waals surface area contributed by atoms with Crippen LogP contribution in [0.1, 0.15) is 37.3 Å². The van der Waals surface area contributed by atoms with E-state index in [0.29, 0.717) is 37.8 Å². The molecule has 29 heavy (non-hydrogen) atoms. The molecule has 0 aromatic heterocycles. The van der Waals surface area contributed by atoms with E-state index >= 15 is 0 Å². The zero-order valence-corrected chi connectivity index (χ0v) is 16.9. The molecule has 162 valence electrons. The summed E-state index contributed by atoms with van der Waals surface area (Å²) in [5.41, 5.74) is -0.313. The van der Waals surface area contributed by atoms with E-state index in [1.165, 1.54) is 12.1 Å². The Hall–Kier alpha value is -2.29. The van der Waals surface area contributed by atoms with Crippen LogP contribution in [0.3, 0.4) is 0 Å². The summed E-state index contributed by atoms with van der Waals surface area (Å²) in [5, 5.41) is 8.95. The second-order valence-electron chi connectivity index (χ2n) is 7.10. The lowest BCUT2D eigenvalue weighted by molar-refractivity contribution is -0.137. The molecule has 1 amide bonds. The molecule has 1 aliphatic rings. The fourth-order valence-corrected chi connectivity index (χ4v) is 3.29. The third-order valence-corrected chi connectivity index (χ3v) is 5.06. The highest BCUT2D eigenvalue weighted by molar-refractivity contribution is 5.84. The van der Waals surface area contributed by atoms with Crippen molar-refractivity contribution in [3.05, 3.63) is 35.4 Å². The summed E-state index contributed by atoms with van der Waals surface area (Å²) in [7, 11) is 1.55. The Morgan fingerprint density at radius 3 is 2.59 bits per heavy atom. The van der Waals surface area contributed by atoms with Crippen LogP contribution < -0.4 is 16.0 Å². The molecule has 0 unspecified atom stereocenters. The smallest absolute Gasteiger partial charge is 0.383 e. The molecule has 0 aliphatic heterocycles. The number of guanidine groups is 1. The molecule has 1 saturated carbocycles. The topological polar surface area (TPSA) is 74.8 Å². The number of amides is 1. The van der Waals surface area contributed by atoms with E-state index in [2.05, 4.69) is 20.9 Å². The first-order valence-corrected chi connectivity index (χ1v) is 9.76. The number of rotatable bonds is 9. The summed E-state index contributed by atoms with van der Waals surface area (Å²) < 4.78 is 44.1. The highest BCUT2D eigenvalue weighted by Gasteiger charge is 2.40. The number of ether oxygens (including phenoxy) is 1. The Bertz CT molecular complexity index is 703. The molecule has 0 atom stereocenters. The molecule has 0 saturated heterocycles. The summed E-state index contributed by atoms with van der Waals surface area (Å²) in [4.78, 5) is 16.1. The molecule has 0 spiro atoms. The van der Waals surface area contributed by atoms with Gasteiger partial charge in [0.15, 0.2) is 5.96 Å². The maximum absolute atomic E-state index is 13.1. The first-order valence-electron chi connectivity index (χ1n) is 9.76. The molecule has 0 bridgehead atoms. The van der Waals surface area contributed by atoms with Gasteiger partial charge in [0.25, 0.3) is 0 Å². The van der Waals surface area contributed by atoms with Crippen molar-refractivity contribution in [2.45, 2.75) is 37.8 Å². The average Bonchev–Trinajstić information content (AvgIpc) is 2.65. The van der Waals surface area contributed by atoms with Gasteiger partial charge in [0.1, 0.15) is 6.54 Å². The number of nitrogens with zero attached hydrogens (tertiary/aromatic N) is 1. The van der Waals surface area contributed by atoms with Crippen LogP contribution in [0.15, 0.2) is 29.3 Å². The van der Waals surface area contributed by atoms with Gasteiger partial charge in [-0.25, -0.2) is 4.99 Å². The first-order chi connectivity index (χ1) is 13.8. The second-order valence-corrected chi connectivity index (χ2v) is 7.10. The number of carbonyl (C=O) groups is 1. The molecule has 1 aromatic rings. The van der Waals surface area contributed by atoms with Crippen LogP contribution >= 0.6 is 0 Å². The molecule has 1 fully saturated rings. The quantitative estimate of drug-likeness (QED) is 0.330. The van der Waals surface area contributed by atoms with E-state index < -0.39 is 11.7 Å². The van der Waals surface area contributed by atoms with Crippen LogP contribution in [0.2, 0.25) is 0 Å². The Kier molecular flexibility index (Phi) is 8.31. The van der Waals surface area contributed by atoms with E-state index in [0.717, 1.165) is 25.3 Å². The maximum atomic E-state index is 13.1. The molecular weight excluding hydrogens is 385 g/mol. The van der Waals surface area contributed by atoms with Crippen LogP contribution in [-0.4, -0.2) is 51.8 Å². The predicted octanol–water partition coefficient (Wildman–Crippen LogP) is 2.44. The Labute approximate surface area is 169 Å². The maximum Gasteiger partial charge on any atom is 0.416 e. The van der Waals surface area contributed by atoms with Gasteiger partial charge in [-0.15, -0.1) is 0 Å². The fourth-order valence-electron chi connectivity index (χ4n) is 3.29. The molecular formula is C20H29F3N4O2. The summed E-state index contributed by atoms with van der Waals surface area (Å²) in [5.74, 6) is 0.239. The second kappa shape index (κ2) is 10.5. The lowest BCUT2D eigenvalue weighted by atomic mass is 9.64. The van der Waals surface area contributed by atoms with Crippen molar-refractivity contribution in [2.24, 2.45) is 4.99 Å². The summed E-state index contributed by atoms with van der Waals surface area (Å²) in [6, 6.07) is 5.55. The van der Waals surface area contributed by atoms with Gasteiger partial charge in [-0.05, 0) is 31.4 Å². The molecule has 2 rings (SSSR count). The highest BCUT2D eigenvalue weighted by atomic mass is 19.4. The molecule has 1 aromatic carbocycles. The first kappa shape index (κ1) is 23.0. The number of nitrogens with one attached hydrogen (secondary N) is 3. The fraction of sp³-hybridized carbons (Fsp3) is 0.600. The lowest BCUT2D eigenvalue weighted by Crippen LogP contribution is -2.49. The third kappa shape index (κ3) is 6.62. The van der Waals surface area contributed by atoms with Crippen molar-refractivity contribution < 1.29 is 22.7 Å². The highest BCUT2D eigenvalue weighted by Crippen LogP contribution is 2.44. The van der Waals surface area contributed by atoms with E-state index in [4.69, 9.17) is 4.74 Å². The van der Waals surface area contributed by atoms with E-state index in [9.17, 15) is 18.0 Å². The van der Waals surface area contributed by atoms with Gasteiger partial charge in [-0.2, -0.15) is 13.2 Å². The molecule has 0 heterocycles. The Balaban J connectivity index is 2.03. The van der Waals surface area contributed by atoms with Crippen molar-refractivity contribution in [1.29, 1.82) is 0 Å². The number of aliphatic imine (C=N–C) groups is 1. The number of benzene rings is 1. The standard InChI is InChI=1S/C20H29F3N4O2/c1-3-24-18(26-13-17(28)25-10-11-29-2)27-14-19(8-5-9-19)15-6-4-7-16(12-15)20(21,22)23/h4,6-7,12H,3,5,8-11,13-14H2,1-2H3,(H,25,28)(H2,24,26,27). The largest absolute Gasteiger partial charge is 0.416 e.